The Kier molecular flexibility index (Phi) is 9.60. The van der Waals surface area contributed by atoms with Crippen molar-refractivity contribution >= 4 is 35.0 Å². The molecule has 0 radical (unpaired) electrons. The van der Waals surface area contributed by atoms with E-state index in [1.54, 1.807) is 23.1 Å². The van der Waals surface area contributed by atoms with Crippen LogP contribution in [0.3, 0.4) is 0 Å². The van der Waals surface area contributed by atoms with Gasteiger partial charge in [0.25, 0.3) is 0 Å². The molecule has 0 spiro atoms. The van der Waals surface area contributed by atoms with Crippen molar-refractivity contribution in [3.63, 3.8) is 0 Å². The van der Waals surface area contributed by atoms with Gasteiger partial charge in [-0.3, -0.25) is 9.59 Å². The van der Waals surface area contributed by atoms with Crippen LogP contribution in [-0.4, -0.2) is 29.3 Å². The maximum absolute atomic E-state index is 13.3. The van der Waals surface area contributed by atoms with Crippen LogP contribution in [0.2, 0.25) is 10.0 Å². The molecule has 2 aromatic carbocycles. The van der Waals surface area contributed by atoms with E-state index in [1.165, 1.54) is 5.56 Å². The number of rotatable bonds is 9. The van der Waals surface area contributed by atoms with Crippen LogP contribution in [0, 0.1) is 0 Å². The molecule has 1 N–H and O–H groups in total. The van der Waals surface area contributed by atoms with Crippen molar-refractivity contribution in [3.8, 4) is 0 Å². The fourth-order valence-electron chi connectivity index (χ4n) is 3.61. The molecule has 4 nitrogen and oxygen atoms in total. The van der Waals surface area contributed by atoms with E-state index in [0.717, 1.165) is 11.1 Å². The molecule has 0 aliphatic carbocycles. The predicted molar refractivity (Wildman–Crippen MR) is 133 cm³/mol. The first-order valence-electron chi connectivity index (χ1n) is 11.2. The Bertz CT molecular complexity index is 920. The van der Waals surface area contributed by atoms with E-state index in [9.17, 15) is 9.59 Å². The Morgan fingerprint density at radius 2 is 1.69 bits per heavy atom. The molecular formula is C26H34Cl2N2O2. The number of hydrogen-bond donors (Lipinski definition) is 1. The maximum Gasteiger partial charge on any atom is 0.242 e. The molecule has 0 unspecified atom stereocenters. The minimum atomic E-state index is -0.558. The van der Waals surface area contributed by atoms with E-state index in [4.69, 9.17) is 23.2 Å². The first-order valence-corrected chi connectivity index (χ1v) is 11.9. The van der Waals surface area contributed by atoms with Crippen molar-refractivity contribution < 1.29 is 9.59 Å². The molecule has 2 aromatic rings. The summed E-state index contributed by atoms with van der Waals surface area (Å²) in [6.07, 6.45) is 1.44. The number of likely N-dealkylation sites (N-methyl/N-ethyl adjacent to an activating group) is 1. The van der Waals surface area contributed by atoms with Gasteiger partial charge in [0.15, 0.2) is 0 Å². The number of halogens is 2. The van der Waals surface area contributed by atoms with Crippen molar-refractivity contribution in [2.75, 3.05) is 6.54 Å². The molecule has 0 heterocycles. The van der Waals surface area contributed by atoms with Crippen molar-refractivity contribution in [1.29, 1.82) is 0 Å². The molecule has 0 bridgehead atoms. The Hall–Kier alpha value is -2.04. The van der Waals surface area contributed by atoms with E-state index < -0.39 is 6.04 Å². The highest BCUT2D eigenvalue weighted by Crippen LogP contribution is 2.25. The lowest BCUT2D eigenvalue weighted by Gasteiger charge is -2.31. The molecule has 6 heteroatoms. The monoisotopic (exact) mass is 476 g/mol. The highest BCUT2D eigenvalue weighted by atomic mass is 35.5. The topological polar surface area (TPSA) is 49.4 Å². The highest BCUT2D eigenvalue weighted by molar-refractivity contribution is 6.35. The fraction of sp³-hybridized carbons (Fsp3) is 0.462. The third kappa shape index (κ3) is 7.25. The number of carbonyl (C=O) groups is 2. The third-order valence-corrected chi connectivity index (χ3v) is 6.13. The number of carbonyl (C=O) groups excluding carboxylic acids is 2. The van der Waals surface area contributed by atoms with Gasteiger partial charge in [-0.2, -0.15) is 0 Å². The lowest BCUT2D eigenvalue weighted by molar-refractivity contribution is -0.141. The number of benzene rings is 2. The molecule has 174 valence electrons. The Morgan fingerprint density at radius 1 is 1.03 bits per heavy atom. The van der Waals surface area contributed by atoms with Gasteiger partial charge in [-0.15, -0.1) is 0 Å². The van der Waals surface area contributed by atoms with Crippen molar-refractivity contribution in [2.45, 2.75) is 71.9 Å². The second-order valence-corrected chi connectivity index (χ2v) is 9.87. The van der Waals surface area contributed by atoms with Gasteiger partial charge in [-0.05, 0) is 54.0 Å². The predicted octanol–water partition coefficient (Wildman–Crippen LogP) is 6.17. The van der Waals surface area contributed by atoms with Crippen molar-refractivity contribution in [3.05, 3.63) is 69.2 Å². The van der Waals surface area contributed by atoms with E-state index in [-0.39, 0.29) is 23.8 Å². The van der Waals surface area contributed by atoms with Crippen LogP contribution in [0.15, 0.2) is 42.5 Å². The Labute approximate surface area is 202 Å². The van der Waals surface area contributed by atoms with Gasteiger partial charge in [-0.25, -0.2) is 0 Å². The average molecular weight is 477 g/mol. The number of nitrogens with zero attached hydrogens (tertiary/aromatic N) is 1. The van der Waals surface area contributed by atoms with Gasteiger partial charge in [0.05, 0.1) is 0 Å². The van der Waals surface area contributed by atoms with Crippen LogP contribution in [-0.2, 0) is 28.0 Å². The van der Waals surface area contributed by atoms with E-state index in [2.05, 4.69) is 50.4 Å². The zero-order chi connectivity index (χ0) is 23.9. The quantitative estimate of drug-likeness (QED) is 0.470. The zero-order valence-corrected chi connectivity index (χ0v) is 21.2. The summed E-state index contributed by atoms with van der Waals surface area (Å²) >= 11 is 12.4. The van der Waals surface area contributed by atoms with Crippen molar-refractivity contribution in [2.24, 2.45) is 0 Å². The maximum atomic E-state index is 13.3. The zero-order valence-electron chi connectivity index (χ0n) is 19.7. The fourth-order valence-corrected chi connectivity index (χ4v) is 4.08. The summed E-state index contributed by atoms with van der Waals surface area (Å²) in [6, 6.07) is 13.0. The summed E-state index contributed by atoms with van der Waals surface area (Å²) in [6.45, 7) is 11.1. The van der Waals surface area contributed by atoms with E-state index in [1.807, 2.05) is 13.8 Å². The van der Waals surface area contributed by atoms with Crippen molar-refractivity contribution in [1.82, 2.24) is 10.2 Å². The number of hydrogen-bond acceptors (Lipinski definition) is 2. The van der Waals surface area contributed by atoms with E-state index in [0.29, 0.717) is 35.9 Å². The van der Waals surface area contributed by atoms with Gasteiger partial charge >= 0.3 is 0 Å². The molecule has 32 heavy (non-hydrogen) atoms. The van der Waals surface area contributed by atoms with Crippen LogP contribution < -0.4 is 5.32 Å². The first kappa shape index (κ1) is 26.2. The van der Waals surface area contributed by atoms with E-state index >= 15 is 0 Å². The van der Waals surface area contributed by atoms with Gasteiger partial charge in [0, 0.05) is 29.6 Å². The standard InChI is InChI=1S/C26H34Cl2N2O2/c1-6-23(25(32)29-7-2)30(17-19-11-14-21(27)16-22(19)28)24(31)15-10-18-8-12-20(13-9-18)26(3,4)5/h8-9,11-14,16,23H,6-7,10,15,17H2,1-5H3,(H,29,32)/t23-/m0/s1. The summed E-state index contributed by atoms with van der Waals surface area (Å²) < 4.78 is 0. The first-order chi connectivity index (χ1) is 15.1. The largest absolute Gasteiger partial charge is 0.355 e. The summed E-state index contributed by atoms with van der Waals surface area (Å²) in [5.41, 5.74) is 3.21. The van der Waals surface area contributed by atoms with Gasteiger partial charge in [-0.1, -0.05) is 81.2 Å². The van der Waals surface area contributed by atoms with Crippen LogP contribution >= 0.6 is 23.2 Å². The lowest BCUT2D eigenvalue weighted by atomic mass is 9.86. The smallest absolute Gasteiger partial charge is 0.242 e. The molecule has 0 fully saturated rings. The molecule has 1 atom stereocenters. The molecule has 0 aromatic heterocycles. The van der Waals surface area contributed by atoms with Crippen LogP contribution in [0.4, 0.5) is 0 Å². The minimum absolute atomic E-state index is 0.0750. The molecule has 0 aliphatic rings. The Balaban J connectivity index is 2.21. The molecule has 0 saturated heterocycles. The minimum Gasteiger partial charge on any atom is -0.355 e. The Morgan fingerprint density at radius 3 is 2.22 bits per heavy atom. The van der Waals surface area contributed by atoms with Crippen LogP contribution in [0.1, 0.15) is 64.2 Å². The van der Waals surface area contributed by atoms with Gasteiger partial charge in [0.2, 0.25) is 11.8 Å². The summed E-state index contributed by atoms with van der Waals surface area (Å²) in [7, 11) is 0. The molecule has 2 amide bonds. The number of amides is 2. The number of aryl methyl sites for hydroxylation is 1. The van der Waals surface area contributed by atoms with Gasteiger partial charge in [0.1, 0.15) is 6.04 Å². The summed E-state index contributed by atoms with van der Waals surface area (Å²) in [5, 5.41) is 3.87. The molecule has 0 aliphatic heterocycles. The molecule has 2 rings (SSSR count). The summed E-state index contributed by atoms with van der Waals surface area (Å²) in [4.78, 5) is 27.6. The second kappa shape index (κ2) is 11.7. The normalized spacial score (nSPS) is 12.3. The molecule has 0 saturated carbocycles. The molecular weight excluding hydrogens is 443 g/mol. The summed E-state index contributed by atoms with van der Waals surface area (Å²) in [5.74, 6) is -0.225. The third-order valence-electron chi connectivity index (χ3n) is 5.54. The van der Waals surface area contributed by atoms with Crippen LogP contribution in [0.25, 0.3) is 0 Å². The highest BCUT2D eigenvalue weighted by Gasteiger charge is 2.28. The average Bonchev–Trinajstić information content (AvgIpc) is 2.73. The van der Waals surface area contributed by atoms with Gasteiger partial charge < -0.3 is 10.2 Å². The van der Waals surface area contributed by atoms with Crippen LogP contribution in [0.5, 0.6) is 0 Å². The number of nitrogens with one attached hydrogen (secondary N) is 1. The SMILES string of the molecule is CCNC(=O)[C@H](CC)N(Cc1ccc(Cl)cc1Cl)C(=O)CCc1ccc(C(C)(C)C)cc1. The lowest BCUT2D eigenvalue weighted by Crippen LogP contribution is -2.49. The second-order valence-electron chi connectivity index (χ2n) is 9.02.